The Kier molecular flexibility index (Phi) is 3.60. The molecule has 0 aliphatic heterocycles. The van der Waals surface area contributed by atoms with Gasteiger partial charge in [-0.15, -0.1) is 0 Å². The third-order valence-electron chi connectivity index (χ3n) is 4.95. The van der Waals surface area contributed by atoms with Crippen LogP contribution in [0.4, 0.5) is 0 Å². The number of H-pyrrole nitrogens is 4. The van der Waals surface area contributed by atoms with Gasteiger partial charge in [0, 0.05) is 35.9 Å². The Morgan fingerprint density at radius 1 is 0.633 bits per heavy atom. The summed E-state index contributed by atoms with van der Waals surface area (Å²) in [6.07, 6.45) is 10.9. The van der Waals surface area contributed by atoms with Crippen LogP contribution in [-0.4, -0.2) is 39.9 Å². The van der Waals surface area contributed by atoms with E-state index < -0.39 is 0 Å². The van der Waals surface area contributed by atoms with Crippen LogP contribution in [-0.2, 0) is 0 Å². The van der Waals surface area contributed by atoms with Crippen LogP contribution in [0.5, 0.6) is 0 Å². The summed E-state index contributed by atoms with van der Waals surface area (Å²) >= 11 is 0. The first kappa shape index (κ1) is 16.5. The van der Waals surface area contributed by atoms with E-state index >= 15 is 0 Å². The molecular formula is C22H16N8. The van der Waals surface area contributed by atoms with E-state index in [0.717, 1.165) is 56.5 Å². The van der Waals surface area contributed by atoms with E-state index in [2.05, 4.69) is 39.9 Å². The van der Waals surface area contributed by atoms with Gasteiger partial charge in [-0.25, -0.2) is 19.9 Å². The Hall–Kier alpha value is -4.46. The third kappa shape index (κ3) is 2.87. The molecule has 0 amide bonds. The lowest BCUT2D eigenvalue weighted by atomic mass is 10.2. The number of aromatic nitrogens is 8. The van der Waals surface area contributed by atoms with Gasteiger partial charge in [0.15, 0.2) is 0 Å². The first-order valence-electron chi connectivity index (χ1n) is 9.49. The second-order valence-corrected chi connectivity index (χ2v) is 6.92. The van der Waals surface area contributed by atoms with E-state index in [0.29, 0.717) is 0 Å². The van der Waals surface area contributed by atoms with Gasteiger partial charge >= 0.3 is 0 Å². The number of nitrogens with zero attached hydrogens (tertiary/aromatic N) is 4. The summed E-state index contributed by atoms with van der Waals surface area (Å²) in [6.45, 7) is 0. The summed E-state index contributed by atoms with van der Waals surface area (Å²) in [7, 11) is 0. The molecule has 6 aromatic rings. The van der Waals surface area contributed by atoms with E-state index in [1.54, 1.807) is 12.4 Å². The molecule has 2 aromatic carbocycles. The number of hydrogen-bond donors (Lipinski definition) is 4. The maximum Gasteiger partial charge on any atom is 0.137 e. The zero-order chi connectivity index (χ0) is 19.9. The monoisotopic (exact) mass is 392 g/mol. The highest BCUT2D eigenvalue weighted by molar-refractivity contribution is 5.84. The zero-order valence-electron chi connectivity index (χ0n) is 15.7. The summed E-state index contributed by atoms with van der Waals surface area (Å²) in [4.78, 5) is 30.8. The molecule has 6 rings (SSSR count). The summed E-state index contributed by atoms with van der Waals surface area (Å²) in [5.74, 6) is 3.18. The van der Waals surface area contributed by atoms with Crippen molar-refractivity contribution in [3.8, 4) is 22.8 Å². The van der Waals surface area contributed by atoms with Gasteiger partial charge in [0.25, 0.3) is 0 Å². The molecule has 0 fully saturated rings. The van der Waals surface area contributed by atoms with E-state index in [9.17, 15) is 0 Å². The molecule has 0 aliphatic carbocycles. The maximum atomic E-state index is 4.66. The van der Waals surface area contributed by atoms with Crippen molar-refractivity contribution in [1.82, 2.24) is 39.9 Å². The molecule has 0 spiro atoms. The van der Waals surface area contributed by atoms with Crippen LogP contribution in [0.1, 0.15) is 11.6 Å². The van der Waals surface area contributed by atoms with Crippen molar-refractivity contribution in [3.63, 3.8) is 0 Å². The van der Waals surface area contributed by atoms with E-state index in [-0.39, 0.29) is 0 Å². The van der Waals surface area contributed by atoms with Crippen molar-refractivity contribution in [2.45, 2.75) is 0 Å². The SMILES string of the molecule is C(=Cc1nc2cc(-c3ncc[nH]3)ccc2[nH]1)c1nc2cc(-c3ncc[nH]3)ccc2[nH]1. The molecular weight excluding hydrogens is 376 g/mol. The lowest BCUT2D eigenvalue weighted by Crippen LogP contribution is -1.80. The third-order valence-corrected chi connectivity index (χ3v) is 4.95. The van der Waals surface area contributed by atoms with Crippen LogP contribution in [0.25, 0.3) is 57.0 Å². The van der Waals surface area contributed by atoms with Crippen molar-refractivity contribution >= 4 is 34.2 Å². The molecule has 4 N–H and O–H groups in total. The van der Waals surface area contributed by atoms with Crippen LogP contribution >= 0.6 is 0 Å². The average molecular weight is 392 g/mol. The van der Waals surface area contributed by atoms with Crippen molar-refractivity contribution in [2.24, 2.45) is 0 Å². The van der Waals surface area contributed by atoms with Crippen molar-refractivity contribution in [1.29, 1.82) is 0 Å². The molecule has 8 nitrogen and oxygen atoms in total. The molecule has 0 atom stereocenters. The Bertz CT molecular complexity index is 1370. The normalized spacial score (nSPS) is 11.9. The highest BCUT2D eigenvalue weighted by atomic mass is 14.9. The highest BCUT2D eigenvalue weighted by Gasteiger charge is 2.07. The molecule has 0 unspecified atom stereocenters. The van der Waals surface area contributed by atoms with Gasteiger partial charge in [-0.1, -0.05) is 0 Å². The first-order chi connectivity index (χ1) is 14.8. The second-order valence-electron chi connectivity index (χ2n) is 6.92. The molecule has 0 bridgehead atoms. The minimum absolute atomic E-state index is 0.762. The predicted molar refractivity (Wildman–Crippen MR) is 116 cm³/mol. The zero-order valence-corrected chi connectivity index (χ0v) is 15.7. The molecule has 0 aliphatic rings. The van der Waals surface area contributed by atoms with Crippen LogP contribution in [0.2, 0.25) is 0 Å². The number of hydrogen-bond acceptors (Lipinski definition) is 4. The van der Waals surface area contributed by atoms with Gasteiger partial charge in [-0.3, -0.25) is 0 Å². The Balaban J connectivity index is 1.30. The van der Waals surface area contributed by atoms with Crippen LogP contribution in [0.3, 0.4) is 0 Å². The molecule has 0 saturated carbocycles. The largest absolute Gasteiger partial charge is 0.345 e. The number of fused-ring (bicyclic) bond motifs is 2. The predicted octanol–water partition coefficient (Wildman–Crippen LogP) is 4.39. The summed E-state index contributed by atoms with van der Waals surface area (Å²) in [6, 6.07) is 12.1. The molecule has 144 valence electrons. The van der Waals surface area contributed by atoms with Crippen molar-refractivity contribution in [2.75, 3.05) is 0 Å². The Labute approximate surface area is 170 Å². The van der Waals surface area contributed by atoms with Crippen LogP contribution < -0.4 is 0 Å². The molecule has 4 heterocycles. The van der Waals surface area contributed by atoms with Crippen molar-refractivity contribution in [3.05, 3.63) is 72.8 Å². The Morgan fingerprint density at radius 3 is 1.57 bits per heavy atom. The second kappa shape index (κ2) is 6.56. The molecule has 0 radical (unpaired) electrons. The summed E-state index contributed by atoms with van der Waals surface area (Å²) in [5.41, 5.74) is 5.71. The molecule has 8 heteroatoms. The van der Waals surface area contributed by atoms with E-state index in [4.69, 9.17) is 0 Å². The fourth-order valence-corrected chi connectivity index (χ4v) is 3.51. The number of imidazole rings is 4. The summed E-state index contributed by atoms with van der Waals surface area (Å²) < 4.78 is 0. The number of rotatable bonds is 4. The average Bonchev–Trinajstić information content (AvgIpc) is 3.56. The lowest BCUT2D eigenvalue weighted by molar-refractivity contribution is 1.27. The first-order valence-corrected chi connectivity index (χ1v) is 9.49. The minimum atomic E-state index is 0.762. The van der Waals surface area contributed by atoms with Crippen molar-refractivity contribution < 1.29 is 0 Å². The number of benzene rings is 2. The van der Waals surface area contributed by atoms with Crippen LogP contribution in [0.15, 0.2) is 61.2 Å². The molecule has 30 heavy (non-hydrogen) atoms. The minimum Gasteiger partial charge on any atom is -0.345 e. The summed E-state index contributed by atoms with van der Waals surface area (Å²) in [5, 5.41) is 0. The van der Waals surface area contributed by atoms with E-state index in [1.165, 1.54) is 0 Å². The van der Waals surface area contributed by atoms with Gasteiger partial charge in [0.2, 0.25) is 0 Å². The van der Waals surface area contributed by atoms with Crippen LogP contribution in [0, 0.1) is 0 Å². The van der Waals surface area contributed by atoms with Gasteiger partial charge < -0.3 is 19.9 Å². The topological polar surface area (TPSA) is 115 Å². The number of nitrogens with one attached hydrogen (secondary N) is 4. The quantitative estimate of drug-likeness (QED) is 0.356. The standard InChI is InChI=1S/C22H16N8/c1-3-15-17(11-13(1)21-23-7-8-24-21)29-19(27-15)5-6-20-28-16-4-2-14(12-18(16)30-20)22-25-9-10-26-22/h1-12H,(H,23,24)(H,25,26)(H,27,29)(H,28,30). The van der Waals surface area contributed by atoms with Gasteiger partial charge in [-0.05, 0) is 48.6 Å². The van der Waals surface area contributed by atoms with Gasteiger partial charge in [0.1, 0.15) is 23.3 Å². The fraction of sp³-hybridized carbons (Fsp3) is 0. The molecule has 0 saturated heterocycles. The fourth-order valence-electron chi connectivity index (χ4n) is 3.51. The van der Waals surface area contributed by atoms with E-state index in [1.807, 2.05) is 60.9 Å². The molecule has 4 aromatic heterocycles. The maximum absolute atomic E-state index is 4.66. The smallest absolute Gasteiger partial charge is 0.137 e. The Morgan fingerprint density at radius 2 is 1.13 bits per heavy atom. The highest BCUT2D eigenvalue weighted by Crippen LogP contribution is 2.22. The van der Waals surface area contributed by atoms with Gasteiger partial charge in [0.05, 0.1) is 22.1 Å². The lowest BCUT2D eigenvalue weighted by Gasteiger charge is -1.95. The van der Waals surface area contributed by atoms with Gasteiger partial charge in [-0.2, -0.15) is 0 Å². The number of aromatic amines is 4.